The molecule has 4 nitrogen and oxygen atoms in total. The number of hydrogen-bond acceptors (Lipinski definition) is 3. The summed E-state index contributed by atoms with van der Waals surface area (Å²) in [4.78, 5) is 13.8. The van der Waals surface area contributed by atoms with Gasteiger partial charge in [0.1, 0.15) is 0 Å². The molecule has 0 spiro atoms. The fraction of sp³-hybridized carbons (Fsp3) is 0.929. The van der Waals surface area contributed by atoms with Crippen LogP contribution in [-0.4, -0.2) is 49.7 Å². The van der Waals surface area contributed by atoms with E-state index >= 15 is 0 Å². The Labute approximate surface area is 111 Å². The zero-order valence-electron chi connectivity index (χ0n) is 12.2. The van der Waals surface area contributed by atoms with Crippen molar-refractivity contribution in [1.82, 2.24) is 10.2 Å². The number of nitrogens with one attached hydrogen (secondary N) is 1. The van der Waals surface area contributed by atoms with Crippen molar-refractivity contribution in [3.05, 3.63) is 0 Å². The predicted octanol–water partition coefficient (Wildman–Crippen LogP) is 1.65. The highest BCUT2D eigenvalue weighted by Gasteiger charge is 2.19. The molecule has 0 bridgehead atoms. The molecule has 1 rings (SSSR count). The predicted molar refractivity (Wildman–Crippen MR) is 73.5 cm³/mol. The molecule has 1 amide bonds. The number of carbonyl (C=O) groups excluding carboxylic acids is 1. The van der Waals surface area contributed by atoms with Crippen LogP contribution in [0.5, 0.6) is 0 Å². The highest BCUT2D eigenvalue weighted by molar-refractivity contribution is 5.76. The standard InChI is InChI=1S/C14H28N2O2/c1-11(2)12(3)16(4)14(17)7-10-18-13-5-8-15-9-6-13/h11-13,15H,5-10H2,1-4H3. The Morgan fingerprint density at radius 1 is 1.33 bits per heavy atom. The summed E-state index contributed by atoms with van der Waals surface area (Å²) in [6.45, 7) is 8.99. The molecule has 1 aliphatic rings. The van der Waals surface area contributed by atoms with E-state index in [0.717, 1.165) is 25.9 Å². The van der Waals surface area contributed by atoms with E-state index in [4.69, 9.17) is 4.74 Å². The fourth-order valence-electron chi connectivity index (χ4n) is 2.13. The van der Waals surface area contributed by atoms with Crippen molar-refractivity contribution in [3.63, 3.8) is 0 Å². The van der Waals surface area contributed by atoms with Gasteiger partial charge >= 0.3 is 0 Å². The van der Waals surface area contributed by atoms with Crippen LogP contribution >= 0.6 is 0 Å². The Bertz CT molecular complexity index is 250. The van der Waals surface area contributed by atoms with Gasteiger partial charge in [0.2, 0.25) is 5.91 Å². The second kappa shape index (κ2) is 7.74. The topological polar surface area (TPSA) is 41.6 Å². The van der Waals surface area contributed by atoms with E-state index in [-0.39, 0.29) is 11.9 Å². The van der Waals surface area contributed by atoms with Gasteiger partial charge in [-0.2, -0.15) is 0 Å². The maximum absolute atomic E-state index is 12.0. The monoisotopic (exact) mass is 256 g/mol. The van der Waals surface area contributed by atoms with Gasteiger partial charge in [-0.15, -0.1) is 0 Å². The Kier molecular flexibility index (Phi) is 6.65. The SMILES string of the molecule is CC(C)C(C)N(C)C(=O)CCOC1CCNCC1. The summed E-state index contributed by atoms with van der Waals surface area (Å²) in [6.07, 6.45) is 2.96. The second-order valence-corrected chi connectivity index (χ2v) is 5.56. The highest BCUT2D eigenvalue weighted by atomic mass is 16.5. The normalized spacial score (nSPS) is 18.9. The minimum absolute atomic E-state index is 0.185. The Balaban J connectivity index is 2.19. The first-order chi connectivity index (χ1) is 8.52. The Hall–Kier alpha value is -0.610. The summed E-state index contributed by atoms with van der Waals surface area (Å²) in [5, 5.41) is 3.30. The first kappa shape index (κ1) is 15.4. The summed E-state index contributed by atoms with van der Waals surface area (Å²) in [5.41, 5.74) is 0. The van der Waals surface area contributed by atoms with Gasteiger partial charge in [-0.25, -0.2) is 0 Å². The molecule has 1 aliphatic heterocycles. The molecule has 106 valence electrons. The van der Waals surface area contributed by atoms with E-state index in [0.29, 0.717) is 25.0 Å². The minimum atomic E-state index is 0.185. The van der Waals surface area contributed by atoms with Crippen molar-refractivity contribution < 1.29 is 9.53 Å². The van der Waals surface area contributed by atoms with Gasteiger partial charge < -0.3 is 15.0 Å². The van der Waals surface area contributed by atoms with Gasteiger partial charge in [0.15, 0.2) is 0 Å². The van der Waals surface area contributed by atoms with Crippen molar-refractivity contribution in [3.8, 4) is 0 Å². The number of piperidine rings is 1. The average molecular weight is 256 g/mol. The number of rotatable bonds is 6. The molecule has 1 fully saturated rings. The molecule has 1 N–H and O–H groups in total. The van der Waals surface area contributed by atoms with Gasteiger partial charge in [0, 0.05) is 13.1 Å². The van der Waals surface area contributed by atoms with Crippen molar-refractivity contribution in [1.29, 1.82) is 0 Å². The summed E-state index contributed by atoms with van der Waals surface area (Å²) in [5.74, 6) is 0.675. The maximum atomic E-state index is 12.0. The Morgan fingerprint density at radius 3 is 2.50 bits per heavy atom. The smallest absolute Gasteiger partial charge is 0.224 e. The van der Waals surface area contributed by atoms with Crippen LogP contribution < -0.4 is 5.32 Å². The van der Waals surface area contributed by atoms with Crippen molar-refractivity contribution in [2.45, 2.75) is 52.2 Å². The lowest BCUT2D eigenvalue weighted by molar-refractivity contribution is -0.134. The molecule has 1 unspecified atom stereocenters. The lowest BCUT2D eigenvalue weighted by atomic mass is 10.1. The van der Waals surface area contributed by atoms with Crippen molar-refractivity contribution in [2.24, 2.45) is 5.92 Å². The highest BCUT2D eigenvalue weighted by Crippen LogP contribution is 2.11. The van der Waals surface area contributed by atoms with Crippen molar-refractivity contribution in [2.75, 3.05) is 26.7 Å². The fourth-order valence-corrected chi connectivity index (χ4v) is 2.13. The van der Waals surface area contributed by atoms with Crippen LogP contribution in [0.25, 0.3) is 0 Å². The zero-order chi connectivity index (χ0) is 13.5. The van der Waals surface area contributed by atoms with Gasteiger partial charge in [-0.05, 0) is 38.8 Å². The van der Waals surface area contributed by atoms with Gasteiger partial charge in [-0.1, -0.05) is 13.8 Å². The van der Waals surface area contributed by atoms with E-state index < -0.39 is 0 Å². The summed E-state index contributed by atoms with van der Waals surface area (Å²) in [6, 6.07) is 0.288. The third kappa shape index (κ3) is 4.94. The van der Waals surface area contributed by atoms with Gasteiger partial charge in [0.05, 0.1) is 19.1 Å². The van der Waals surface area contributed by atoms with E-state index in [1.54, 1.807) is 0 Å². The van der Waals surface area contributed by atoms with Gasteiger partial charge in [-0.3, -0.25) is 4.79 Å². The zero-order valence-corrected chi connectivity index (χ0v) is 12.2. The molecular formula is C14H28N2O2. The van der Waals surface area contributed by atoms with Crippen LogP contribution in [-0.2, 0) is 9.53 Å². The number of carbonyl (C=O) groups is 1. The van der Waals surface area contributed by atoms with E-state index in [9.17, 15) is 4.79 Å². The lowest BCUT2D eigenvalue weighted by Gasteiger charge is -2.28. The summed E-state index contributed by atoms with van der Waals surface area (Å²) >= 11 is 0. The summed E-state index contributed by atoms with van der Waals surface area (Å²) in [7, 11) is 1.89. The molecule has 0 aromatic heterocycles. The Morgan fingerprint density at radius 2 is 1.94 bits per heavy atom. The third-order valence-electron chi connectivity index (χ3n) is 3.92. The molecule has 4 heteroatoms. The number of nitrogens with zero attached hydrogens (tertiary/aromatic N) is 1. The maximum Gasteiger partial charge on any atom is 0.224 e. The lowest BCUT2D eigenvalue weighted by Crippen LogP contribution is -2.39. The quantitative estimate of drug-likeness (QED) is 0.785. The minimum Gasteiger partial charge on any atom is -0.378 e. The van der Waals surface area contributed by atoms with E-state index in [2.05, 4.69) is 26.1 Å². The first-order valence-electron chi connectivity index (χ1n) is 7.10. The molecule has 18 heavy (non-hydrogen) atoms. The largest absolute Gasteiger partial charge is 0.378 e. The summed E-state index contributed by atoms with van der Waals surface area (Å²) < 4.78 is 5.76. The van der Waals surface area contributed by atoms with Crippen LogP contribution in [0.15, 0.2) is 0 Å². The second-order valence-electron chi connectivity index (χ2n) is 5.56. The number of hydrogen-bond donors (Lipinski definition) is 1. The molecular weight excluding hydrogens is 228 g/mol. The van der Waals surface area contributed by atoms with Gasteiger partial charge in [0.25, 0.3) is 0 Å². The molecule has 0 aliphatic carbocycles. The molecule has 0 aromatic carbocycles. The third-order valence-corrected chi connectivity index (χ3v) is 3.92. The molecule has 0 saturated carbocycles. The molecule has 1 atom stereocenters. The van der Waals surface area contributed by atoms with Crippen LogP contribution in [0, 0.1) is 5.92 Å². The average Bonchev–Trinajstić information content (AvgIpc) is 2.38. The number of amides is 1. The molecule has 1 heterocycles. The molecule has 0 radical (unpaired) electrons. The number of ether oxygens (including phenoxy) is 1. The van der Waals surface area contributed by atoms with E-state index in [1.807, 2.05) is 11.9 Å². The van der Waals surface area contributed by atoms with Crippen LogP contribution in [0.2, 0.25) is 0 Å². The van der Waals surface area contributed by atoms with E-state index in [1.165, 1.54) is 0 Å². The molecule has 1 saturated heterocycles. The van der Waals surface area contributed by atoms with Crippen molar-refractivity contribution >= 4 is 5.91 Å². The molecule has 0 aromatic rings. The van der Waals surface area contributed by atoms with Crippen LogP contribution in [0.1, 0.15) is 40.0 Å². The van der Waals surface area contributed by atoms with Crippen LogP contribution in [0.3, 0.4) is 0 Å². The first-order valence-corrected chi connectivity index (χ1v) is 7.10. The van der Waals surface area contributed by atoms with Crippen LogP contribution in [0.4, 0.5) is 0 Å².